The Labute approximate surface area is 126 Å². The number of carbonyl (C=O) groups excluding carboxylic acids is 1. The van der Waals surface area contributed by atoms with Crippen molar-refractivity contribution in [2.75, 3.05) is 25.4 Å². The van der Waals surface area contributed by atoms with E-state index in [-0.39, 0.29) is 5.91 Å². The number of amides is 1. The van der Waals surface area contributed by atoms with Crippen molar-refractivity contribution in [1.82, 2.24) is 15.2 Å². The first-order chi connectivity index (χ1) is 10.1. The minimum Gasteiger partial charge on any atom is -0.384 e. The standard InChI is InChI=1S/C16H26N4O/c1-3-14-9-13(10-15(17)19-14)16(21)18-11-12(2)20-7-5-4-6-8-20/h9-10,12H,3-8,11H2,1-2H3,(H2,17,19)(H,18,21). The van der Waals surface area contributed by atoms with Crippen LogP contribution in [0.3, 0.4) is 0 Å². The summed E-state index contributed by atoms with van der Waals surface area (Å²) in [6, 6.07) is 3.83. The van der Waals surface area contributed by atoms with Gasteiger partial charge in [-0.15, -0.1) is 0 Å². The third kappa shape index (κ3) is 4.43. The normalized spacial score (nSPS) is 17.4. The van der Waals surface area contributed by atoms with Crippen LogP contribution in [-0.4, -0.2) is 41.5 Å². The Bertz CT molecular complexity index is 483. The van der Waals surface area contributed by atoms with Crippen LogP contribution in [0.2, 0.25) is 0 Å². The van der Waals surface area contributed by atoms with E-state index in [1.807, 2.05) is 13.0 Å². The molecular formula is C16H26N4O. The fraction of sp³-hybridized carbons (Fsp3) is 0.625. The van der Waals surface area contributed by atoms with Crippen molar-refractivity contribution < 1.29 is 4.79 Å². The van der Waals surface area contributed by atoms with Crippen LogP contribution in [-0.2, 0) is 6.42 Å². The minimum atomic E-state index is -0.0670. The highest BCUT2D eigenvalue weighted by Crippen LogP contribution is 2.12. The van der Waals surface area contributed by atoms with E-state index in [1.165, 1.54) is 19.3 Å². The van der Waals surface area contributed by atoms with Gasteiger partial charge in [0.05, 0.1) is 0 Å². The smallest absolute Gasteiger partial charge is 0.251 e. The number of pyridine rings is 1. The number of hydrogen-bond donors (Lipinski definition) is 2. The van der Waals surface area contributed by atoms with Crippen molar-refractivity contribution in [2.45, 2.75) is 45.6 Å². The Kier molecular flexibility index (Phi) is 5.56. The summed E-state index contributed by atoms with van der Waals surface area (Å²) in [4.78, 5) is 18.9. The fourth-order valence-electron chi connectivity index (χ4n) is 2.75. The molecule has 0 saturated carbocycles. The molecule has 3 N–H and O–H groups in total. The van der Waals surface area contributed by atoms with Crippen LogP contribution in [0, 0.1) is 0 Å². The van der Waals surface area contributed by atoms with E-state index in [9.17, 15) is 4.79 Å². The number of anilines is 1. The van der Waals surface area contributed by atoms with Crippen molar-refractivity contribution in [1.29, 1.82) is 0 Å². The predicted octanol–water partition coefficient (Wildman–Crippen LogP) is 1.83. The molecule has 0 bridgehead atoms. The van der Waals surface area contributed by atoms with Crippen LogP contribution >= 0.6 is 0 Å². The lowest BCUT2D eigenvalue weighted by atomic mass is 10.1. The summed E-state index contributed by atoms with van der Waals surface area (Å²) in [7, 11) is 0. The van der Waals surface area contributed by atoms with Gasteiger partial charge in [0.15, 0.2) is 0 Å². The second kappa shape index (κ2) is 7.41. The first-order valence-electron chi connectivity index (χ1n) is 7.89. The molecule has 2 heterocycles. The molecule has 0 spiro atoms. The summed E-state index contributed by atoms with van der Waals surface area (Å²) in [5.41, 5.74) is 7.20. The van der Waals surface area contributed by atoms with Crippen LogP contribution in [0.15, 0.2) is 12.1 Å². The van der Waals surface area contributed by atoms with Crippen LogP contribution < -0.4 is 11.1 Å². The molecule has 2 rings (SSSR count). The molecule has 1 atom stereocenters. The maximum Gasteiger partial charge on any atom is 0.251 e. The van der Waals surface area contributed by atoms with Crippen molar-refractivity contribution in [3.63, 3.8) is 0 Å². The lowest BCUT2D eigenvalue weighted by Crippen LogP contribution is -2.44. The highest BCUT2D eigenvalue weighted by molar-refractivity contribution is 5.94. The fourth-order valence-corrected chi connectivity index (χ4v) is 2.75. The molecule has 1 saturated heterocycles. The molecule has 1 aliphatic rings. The Balaban J connectivity index is 1.90. The van der Waals surface area contributed by atoms with E-state index in [2.05, 4.69) is 22.1 Å². The van der Waals surface area contributed by atoms with Crippen molar-refractivity contribution in [3.05, 3.63) is 23.4 Å². The number of nitrogens with two attached hydrogens (primary N) is 1. The van der Waals surface area contributed by atoms with Gasteiger partial charge < -0.3 is 11.1 Å². The van der Waals surface area contributed by atoms with Crippen LogP contribution in [0.4, 0.5) is 5.82 Å². The van der Waals surface area contributed by atoms with E-state index in [4.69, 9.17) is 5.73 Å². The lowest BCUT2D eigenvalue weighted by molar-refractivity contribution is 0.0930. The Morgan fingerprint density at radius 1 is 1.38 bits per heavy atom. The molecule has 5 heteroatoms. The highest BCUT2D eigenvalue weighted by atomic mass is 16.1. The average molecular weight is 290 g/mol. The molecule has 1 amide bonds. The number of likely N-dealkylation sites (tertiary alicyclic amines) is 1. The van der Waals surface area contributed by atoms with Gasteiger partial charge in [0.2, 0.25) is 0 Å². The Morgan fingerprint density at radius 2 is 2.10 bits per heavy atom. The molecule has 0 aromatic carbocycles. The van der Waals surface area contributed by atoms with Gasteiger partial charge >= 0.3 is 0 Å². The number of carbonyl (C=O) groups is 1. The third-order valence-electron chi connectivity index (χ3n) is 4.09. The quantitative estimate of drug-likeness (QED) is 0.868. The largest absolute Gasteiger partial charge is 0.384 e. The Hall–Kier alpha value is -1.62. The summed E-state index contributed by atoms with van der Waals surface area (Å²) in [5, 5.41) is 3.01. The molecule has 0 aliphatic carbocycles. The molecule has 5 nitrogen and oxygen atoms in total. The van der Waals surface area contributed by atoms with E-state index in [0.717, 1.165) is 25.2 Å². The van der Waals surface area contributed by atoms with Crippen LogP contribution in [0.1, 0.15) is 49.2 Å². The van der Waals surface area contributed by atoms with E-state index in [0.29, 0.717) is 24.0 Å². The summed E-state index contributed by atoms with van der Waals surface area (Å²) < 4.78 is 0. The molecule has 1 aromatic heterocycles. The maximum absolute atomic E-state index is 12.2. The van der Waals surface area contributed by atoms with Crippen LogP contribution in [0.25, 0.3) is 0 Å². The number of piperidine rings is 1. The molecule has 1 fully saturated rings. The number of aryl methyl sites for hydroxylation is 1. The third-order valence-corrected chi connectivity index (χ3v) is 4.09. The number of nitrogens with one attached hydrogen (secondary N) is 1. The van der Waals surface area contributed by atoms with Gasteiger partial charge in [-0.25, -0.2) is 4.98 Å². The summed E-state index contributed by atoms with van der Waals surface area (Å²) in [6.45, 7) is 7.12. The summed E-state index contributed by atoms with van der Waals surface area (Å²) in [5.74, 6) is 0.339. The van der Waals surface area contributed by atoms with E-state index < -0.39 is 0 Å². The zero-order valence-corrected chi connectivity index (χ0v) is 13.1. The summed E-state index contributed by atoms with van der Waals surface area (Å²) >= 11 is 0. The number of rotatable bonds is 5. The molecule has 1 aromatic rings. The van der Waals surface area contributed by atoms with Gasteiger partial charge in [0.1, 0.15) is 5.82 Å². The predicted molar refractivity (Wildman–Crippen MR) is 85.2 cm³/mol. The molecule has 116 valence electrons. The lowest BCUT2D eigenvalue weighted by Gasteiger charge is -2.32. The zero-order chi connectivity index (χ0) is 15.2. The van der Waals surface area contributed by atoms with Crippen molar-refractivity contribution >= 4 is 11.7 Å². The number of nitrogens with zero attached hydrogens (tertiary/aromatic N) is 2. The zero-order valence-electron chi connectivity index (χ0n) is 13.1. The SMILES string of the molecule is CCc1cc(C(=O)NCC(C)N2CCCCC2)cc(N)n1. The highest BCUT2D eigenvalue weighted by Gasteiger charge is 2.17. The number of hydrogen-bond acceptors (Lipinski definition) is 4. The van der Waals surface area contributed by atoms with Gasteiger partial charge in [-0.2, -0.15) is 0 Å². The first kappa shape index (κ1) is 15.8. The van der Waals surface area contributed by atoms with E-state index in [1.54, 1.807) is 6.07 Å². The van der Waals surface area contributed by atoms with Gasteiger partial charge in [-0.1, -0.05) is 13.3 Å². The topological polar surface area (TPSA) is 71.2 Å². The van der Waals surface area contributed by atoms with Crippen molar-refractivity contribution in [3.8, 4) is 0 Å². The molecule has 1 aliphatic heterocycles. The number of nitrogen functional groups attached to an aromatic ring is 1. The van der Waals surface area contributed by atoms with Gasteiger partial charge in [-0.3, -0.25) is 9.69 Å². The minimum absolute atomic E-state index is 0.0670. The maximum atomic E-state index is 12.2. The number of aromatic nitrogens is 1. The average Bonchev–Trinajstić information content (AvgIpc) is 2.52. The van der Waals surface area contributed by atoms with Gasteiger partial charge in [-0.05, 0) is 51.4 Å². The molecule has 1 unspecified atom stereocenters. The summed E-state index contributed by atoms with van der Waals surface area (Å²) in [6.07, 6.45) is 4.62. The second-order valence-corrected chi connectivity index (χ2v) is 5.78. The molecule has 21 heavy (non-hydrogen) atoms. The monoisotopic (exact) mass is 290 g/mol. The van der Waals surface area contributed by atoms with Crippen molar-refractivity contribution in [2.24, 2.45) is 0 Å². The van der Waals surface area contributed by atoms with Crippen LogP contribution in [0.5, 0.6) is 0 Å². The van der Waals surface area contributed by atoms with Gasteiger partial charge in [0.25, 0.3) is 5.91 Å². The first-order valence-corrected chi connectivity index (χ1v) is 7.89. The second-order valence-electron chi connectivity index (χ2n) is 5.78. The van der Waals surface area contributed by atoms with E-state index >= 15 is 0 Å². The molecular weight excluding hydrogens is 264 g/mol. The van der Waals surface area contributed by atoms with Gasteiger partial charge in [0, 0.05) is 23.8 Å². The molecule has 0 radical (unpaired) electrons. The Morgan fingerprint density at radius 3 is 2.76 bits per heavy atom.